The number of halogens is 3. The number of hydrogen-bond donors (Lipinski definition) is 2. The van der Waals surface area contributed by atoms with Gasteiger partial charge in [0.15, 0.2) is 5.75 Å². The van der Waals surface area contributed by atoms with E-state index >= 15 is 0 Å². The Morgan fingerprint density at radius 2 is 2.02 bits per heavy atom. The average molecular weight is 576 g/mol. The van der Waals surface area contributed by atoms with E-state index < -0.39 is 12.0 Å². The zero-order valence-electron chi connectivity index (χ0n) is 22.0. The lowest BCUT2D eigenvalue weighted by atomic mass is 10.0. The van der Waals surface area contributed by atoms with Crippen LogP contribution in [0.1, 0.15) is 43.1 Å². The molecular weight excluding hydrogens is 554 g/mol. The first-order valence-corrected chi connectivity index (χ1v) is 13.0. The molecule has 3 aromatic heterocycles. The van der Waals surface area contributed by atoms with Gasteiger partial charge in [-0.1, -0.05) is 40.5 Å². The van der Waals surface area contributed by atoms with Gasteiger partial charge in [0.2, 0.25) is 5.95 Å². The summed E-state index contributed by atoms with van der Waals surface area (Å²) in [5.74, 6) is -0.273. The highest BCUT2D eigenvalue weighted by atomic mass is 35.5. The molecule has 0 amide bonds. The molecule has 9 nitrogen and oxygen atoms in total. The molecule has 0 spiro atoms. The van der Waals surface area contributed by atoms with Crippen LogP contribution in [0.2, 0.25) is 10.0 Å². The van der Waals surface area contributed by atoms with E-state index in [0.29, 0.717) is 50.0 Å². The molecular formula is C28H21Cl2FN8O. The number of nitriles is 1. The van der Waals surface area contributed by atoms with Crippen molar-refractivity contribution in [1.29, 1.82) is 5.26 Å². The van der Waals surface area contributed by atoms with Crippen molar-refractivity contribution in [2.45, 2.75) is 24.9 Å². The number of fused-ring (bicyclic) bond motifs is 1. The zero-order valence-corrected chi connectivity index (χ0v) is 22.5. The molecule has 0 bridgehead atoms. The van der Waals surface area contributed by atoms with E-state index in [1.165, 1.54) is 31.6 Å². The Bertz CT molecular complexity index is 1820. The maximum absolute atomic E-state index is 13.7. The minimum absolute atomic E-state index is 0.245. The minimum Gasteiger partial charge on any atom is -0.493 e. The second-order valence-electron chi connectivity index (χ2n) is 9.14. The van der Waals surface area contributed by atoms with Gasteiger partial charge in [0.25, 0.3) is 0 Å². The first-order chi connectivity index (χ1) is 19.8. The van der Waals surface area contributed by atoms with Crippen molar-refractivity contribution in [1.82, 2.24) is 25.0 Å². The summed E-state index contributed by atoms with van der Waals surface area (Å²) in [6, 6.07) is 11.9. The lowest BCUT2D eigenvalue weighted by Crippen LogP contribution is -2.14. The molecule has 6 rings (SSSR count). The van der Waals surface area contributed by atoms with Crippen LogP contribution in [0.3, 0.4) is 0 Å². The molecule has 0 radical (unpaired) electrons. The second kappa shape index (κ2) is 10.6. The summed E-state index contributed by atoms with van der Waals surface area (Å²) in [7, 11) is 1.50. The molecule has 12 heteroatoms. The van der Waals surface area contributed by atoms with Gasteiger partial charge in [-0.25, -0.2) is 9.67 Å². The van der Waals surface area contributed by atoms with Crippen LogP contribution in [-0.2, 0) is 0 Å². The van der Waals surface area contributed by atoms with Crippen molar-refractivity contribution in [3.8, 4) is 11.8 Å². The quantitative estimate of drug-likeness (QED) is 0.193. The topological polar surface area (TPSA) is 114 Å². The van der Waals surface area contributed by atoms with Crippen LogP contribution in [0.4, 0.5) is 21.5 Å². The van der Waals surface area contributed by atoms with E-state index in [2.05, 4.69) is 37.0 Å². The lowest BCUT2D eigenvalue weighted by molar-refractivity contribution is 0.417. The predicted molar refractivity (Wildman–Crippen MR) is 151 cm³/mol. The summed E-state index contributed by atoms with van der Waals surface area (Å²) >= 11 is 13.0. The fourth-order valence-corrected chi connectivity index (χ4v) is 4.88. The van der Waals surface area contributed by atoms with Gasteiger partial charge in [0, 0.05) is 23.5 Å². The molecule has 3 heterocycles. The Balaban J connectivity index is 1.48. The van der Waals surface area contributed by atoms with E-state index in [9.17, 15) is 11.0 Å². The van der Waals surface area contributed by atoms with Crippen molar-refractivity contribution in [3.05, 3.63) is 93.9 Å². The molecule has 0 saturated heterocycles. The molecule has 40 heavy (non-hydrogen) atoms. The molecule has 0 unspecified atom stereocenters. The minimum atomic E-state index is -1.71. The van der Waals surface area contributed by atoms with Crippen LogP contribution in [-0.4, -0.2) is 32.1 Å². The number of aromatic nitrogens is 5. The molecule has 2 aromatic carbocycles. The van der Waals surface area contributed by atoms with Crippen molar-refractivity contribution >= 4 is 51.2 Å². The molecule has 1 saturated carbocycles. The first-order valence-electron chi connectivity index (χ1n) is 12.7. The number of methoxy groups -OCH3 is 1. The van der Waals surface area contributed by atoms with Crippen LogP contribution in [0, 0.1) is 17.3 Å². The standard InChI is InChI=1S/C28H21Cl2FN8O/c1-40-28-20(29)3-2-4-22(28)36-25-16(11-32)13-34-27-19(25)9-17(10-21(27)30)35-26(15-5-8-24(31)33-12-15)23-14-39(38-37-23)18-6-7-18/h2-5,8-10,12-14,18,26,35H,6-7H2,1H3,(H,34,36)/t26-/m0/s1/i26D. The Morgan fingerprint density at radius 1 is 1.18 bits per heavy atom. The summed E-state index contributed by atoms with van der Waals surface area (Å²) in [6.07, 6.45) is 6.39. The van der Waals surface area contributed by atoms with Crippen molar-refractivity contribution in [3.63, 3.8) is 0 Å². The molecule has 1 fully saturated rings. The fourth-order valence-electron chi connectivity index (χ4n) is 4.36. The average Bonchev–Trinajstić information content (AvgIpc) is 3.69. The maximum atomic E-state index is 13.7. The largest absolute Gasteiger partial charge is 0.493 e. The number of benzene rings is 2. The number of anilines is 3. The van der Waals surface area contributed by atoms with Crippen LogP contribution in [0.15, 0.2) is 61.1 Å². The molecule has 200 valence electrons. The number of para-hydroxylation sites is 1. The smallest absolute Gasteiger partial charge is 0.212 e. The summed E-state index contributed by atoms with van der Waals surface area (Å²) < 4.78 is 30.4. The molecule has 1 atom stereocenters. The highest BCUT2D eigenvalue weighted by Crippen LogP contribution is 2.40. The van der Waals surface area contributed by atoms with Gasteiger partial charge < -0.3 is 15.4 Å². The third-order valence-electron chi connectivity index (χ3n) is 6.45. The SMILES string of the molecule is [2H][C@](Nc1cc(Cl)c2ncc(C#N)c(Nc3cccc(Cl)c3OC)c2c1)(c1ccc(F)nc1)c1cn(C2CC2)nn1. The second-order valence-corrected chi connectivity index (χ2v) is 9.96. The zero-order chi connectivity index (χ0) is 28.7. The summed E-state index contributed by atoms with van der Waals surface area (Å²) in [5, 5.41) is 26.0. The van der Waals surface area contributed by atoms with Crippen molar-refractivity contribution in [2.75, 3.05) is 17.7 Å². The van der Waals surface area contributed by atoms with E-state index in [1.807, 2.05) is 0 Å². The number of ether oxygens (including phenoxy) is 1. The van der Waals surface area contributed by atoms with Gasteiger partial charge in [0.1, 0.15) is 11.8 Å². The van der Waals surface area contributed by atoms with E-state index in [-0.39, 0.29) is 16.6 Å². The number of pyridine rings is 2. The van der Waals surface area contributed by atoms with Crippen molar-refractivity contribution < 1.29 is 10.5 Å². The molecule has 1 aliphatic carbocycles. The van der Waals surface area contributed by atoms with Crippen LogP contribution in [0.5, 0.6) is 5.75 Å². The molecule has 1 aliphatic rings. The van der Waals surface area contributed by atoms with E-state index in [4.69, 9.17) is 27.9 Å². The van der Waals surface area contributed by atoms with Crippen LogP contribution in [0.25, 0.3) is 10.9 Å². The Hall–Kier alpha value is -4.46. The summed E-state index contributed by atoms with van der Waals surface area (Å²) in [5.41, 5.74) is 2.67. The Kier molecular flexibility index (Phi) is 6.51. The van der Waals surface area contributed by atoms with Gasteiger partial charge in [-0.05, 0) is 48.7 Å². The molecule has 0 aliphatic heterocycles. The third-order valence-corrected chi connectivity index (χ3v) is 7.03. The summed E-state index contributed by atoms with van der Waals surface area (Å²) in [6.45, 7) is 0. The number of nitrogens with zero attached hydrogens (tertiary/aromatic N) is 6. The summed E-state index contributed by atoms with van der Waals surface area (Å²) in [4.78, 5) is 8.16. The van der Waals surface area contributed by atoms with E-state index in [1.54, 1.807) is 41.2 Å². The molecule has 5 aromatic rings. The van der Waals surface area contributed by atoms with Gasteiger partial charge in [0.05, 0.1) is 59.2 Å². The normalized spacial score (nSPS) is 14.7. The fraction of sp³-hybridized carbons (Fsp3) is 0.179. The Morgan fingerprint density at radius 3 is 2.75 bits per heavy atom. The lowest BCUT2D eigenvalue weighted by Gasteiger charge is -2.20. The van der Waals surface area contributed by atoms with Crippen LogP contribution >= 0.6 is 23.2 Å². The highest BCUT2D eigenvalue weighted by Gasteiger charge is 2.27. The van der Waals surface area contributed by atoms with Gasteiger partial charge in [-0.15, -0.1) is 5.10 Å². The number of rotatable bonds is 8. The first kappa shape index (κ1) is 24.6. The van der Waals surface area contributed by atoms with Crippen molar-refractivity contribution in [2.24, 2.45) is 0 Å². The predicted octanol–water partition coefficient (Wildman–Crippen LogP) is 6.83. The maximum Gasteiger partial charge on any atom is 0.212 e. The monoisotopic (exact) mass is 575 g/mol. The highest BCUT2D eigenvalue weighted by molar-refractivity contribution is 6.36. The van der Waals surface area contributed by atoms with Crippen LogP contribution < -0.4 is 15.4 Å². The van der Waals surface area contributed by atoms with Gasteiger partial charge in [-0.2, -0.15) is 9.65 Å². The third kappa shape index (κ3) is 4.97. The Labute approximate surface area is 239 Å². The van der Waals surface area contributed by atoms with Gasteiger partial charge in [-0.3, -0.25) is 4.98 Å². The van der Waals surface area contributed by atoms with E-state index in [0.717, 1.165) is 12.8 Å². The number of nitrogens with one attached hydrogen (secondary N) is 2. The molecule has 2 N–H and O–H groups in total. The van der Waals surface area contributed by atoms with Gasteiger partial charge >= 0.3 is 0 Å². The number of hydrogen-bond acceptors (Lipinski definition) is 8.